The first kappa shape index (κ1) is 14.8. The smallest absolute Gasteiger partial charge is 0.243 e. The Morgan fingerprint density at radius 3 is 2.22 bits per heavy atom. The Bertz CT molecular complexity index is 522. The molecule has 0 radical (unpaired) electrons. The summed E-state index contributed by atoms with van der Waals surface area (Å²) in [6.45, 7) is 2.78. The molecule has 1 atom stereocenters. The molecule has 0 aliphatic rings. The van der Waals surface area contributed by atoms with Gasteiger partial charge in [0.2, 0.25) is 10.0 Å². The number of hydrogen-bond acceptors (Lipinski definition) is 4. The minimum atomic E-state index is -3.63. The van der Waals surface area contributed by atoms with E-state index in [1.165, 1.54) is 38.2 Å². The second-order valence-electron chi connectivity index (χ2n) is 4.13. The van der Waals surface area contributed by atoms with Gasteiger partial charge in [0, 0.05) is 18.7 Å². The van der Waals surface area contributed by atoms with Crippen LogP contribution in [0.3, 0.4) is 0 Å². The Hall–Kier alpha value is -1.24. The fourth-order valence-corrected chi connectivity index (χ4v) is 2.73. The van der Waals surface area contributed by atoms with Crippen molar-refractivity contribution in [2.24, 2.45) is 0 Å². The third kappa shape index (κ3) is 2.95. The van der Waals surface area contributed by atoms with E-state index in [2.05, 4.69) is 0 Å². The van der Waals surface area contributed by atoms with E-state index in [-0.39, 0.29) is 17.3 Å². The summed E-state index contributed by atoms with van der Waals surface area (Å²) < 4.78 is 25.4. The molecular formula is C12H17NO4S. The van der Waals surface area contributed by atoms with Crippen molar-refractivity contribution in [3.05, 3.63) is 29.8 Å². The van der Waals surface area contributed by atoms with E-state index in [1.54, 1.807) is 6.92 Å². The number of sulfonamides is 1. The molecule has 1 unspecified atom stereocenters. The molecule has 18 heavy (non-hydrogen) atoms. The quantitative estimate of drug-likeness (QED) is 0.807. The van der Waals surface area contributed by atoms with Crippen molar-refractivity contribution >= 4 is 15.8 Å². The zero-order valence-corrected chi connectivity index (χ0v) is 11.4. The van der Waals surface area contributed by atoms with Crippen molar-refractivity contribution in [2.75, 3.05) is 13.7 Å². The lowest BCUT2D eigenvalue weighted by molar-refractivity contribution is 0.101. The highest BCUT2D eigenvalue weighted by atomic mass is 32.2. The van der Waals surface area contributed by atoms with Gasteiger partial charge in [-0.25, -0.2) is 8.42 Å². The first-order chi connectivity index (χ1) is 8.30. The predicted molar refractivity (Wildman–Crippen MR) is 67.9 cm³/mol. The number of ketones is 1. The maximum absolute atomic E-state index is 12.1. The summed E-state index contributed by atoms with van der Waals surface area (Å²) in [7, 11) is -2.22. The van der Waals surface area contributed by atoms with E-state index < -0.39 is 16.1 Å². The van der Waals surface area contributed by atoms with Gasteiger partial charge in [-0.2, -0.15) is 4.31 Å². The summed E-state index contributed by atoms with van der Waals surface area (Å²) >= 11 is 0. The number of rotatable bonds is 5. The fraction of sp³-hybridized carbons (Fsp3) is 0.417. The van der Waals surface area contributed by atoms with Crippen molar-refractivity contribution in [1.29, 1.82) is 0 Å². The molecule has 0 amide bonds. The largest absolute Gasteiger partial charge is 0.395 e. The zero-order chi connectivity index (χ0) is 13.9. The van der Waals surface area contributed by atoms with E-state index in [0.717, 1.165) is 4.31 Å². The number of aliphatic hydroxyl groups is 1. The van der Waals surface area contributed by atoms with Crippen molar-refractivity contribution in [3.8, 4) is 0 Å². The molecular weight excluding hydrogens is 254 g/mol. The Morgan fingerprint density at radius 1 is 1.33 bits per heavy atom. The van der Waals surface area contributed by atoms with Gasteiger partial charge in [-0.3, -0.25) is 4.79 Å². The summed E-state index contributed by atoms with van der Waals surface area (Å²) in [6, 6.07) is 5.25. The molecule has 0 aliphatic carbocycles. The molecule has 0 bridgehead atoms. The van der Waals surface area contributed by atoms with Crippen LogP contribution >= 0.6 is 0 Å². The van der Waals surface area contributed by atoms with Gasteiger partial charge in [0.1, 0.15) is 0 Å². The lowest BCUT2D eigenvalue weighted by atomic mass is 10.2. The molecule has 0 spiro atoms. The number of Topliss-reactive ketones (excluding diaryl/α,β-unsaturated/α-hetero) is 1. The van der Waals surface area contributed by atoms with E-state index in [1.807, 2.05) is 0 Å². The average Bonchev–Trinajstić information content (AvgIpc) is 2.36. The van der Waals surface area contributed by atoms with Crippen LogP contribution in [0.5, 0.6) is 0 Å². The van der Waals surface area contributed by atoms with Crippen molar-refractivity contribution in [1.82, 2.24) is 4.31 Å². The van der Waals surface area contributed by atoms with Crippen LogP contribution in [-0.4, -0.2) is 43.3 Å². The topological polar surface area (TPSA) is 74.7 Å². The van der Waals surface area contributed by atoms with Gasteiger partial charge in [-0.05, 0) is 26.0 Å². The van der Waals surface area contributed by atoms with E-state index >= 15 is 0 Å². The molecule has 0 heterocycles. The van der Waals surface area contributed by atoms with Gasteiger partial charge in [-0.15, -0.1) is 0 Å². The number of hydrogen-bond donors (Lipinski definition) is 1. The van der Waals surface area contributed by atoms with Gasteiger partial charge in [-0.1, -0.05) is 12.1 Å². The number of likely N-dealkylation sites (N-methyl/N-ethyl adjacent to an activating group) is 1. The van der Waals surface area contributed by atoms with Crippen LogP contribution in [0.1, 0.15) is 24.2 Å². The van der Waals surface area contributed by atoms with Gasteiger partial charge in [0.05, 0.1) is 11.5 Å². The van der Waals surface area contributed by atoms with Crippen LogP contribution in [0.2, 0.25) is 0 Å². The van der Waals surface area contributed by atoms with Crippen LogP contribution in [0.4, 0.5) is 0 Å². The molecule has 1 aromatic carbocycles. The SMILES string of the molecule is CC(=O)c1ccc(S(=O)(=O)N(C)C(C)CO)cc1. The predicted octanol–water partition coefficient (Wildman–Crippen LogP) is 0.891. The molecule has 6 heteroatoms. The molecule has 0 saturated heterocycles. The molecule has 100 valence electrons. The van der Waals surface area contributed by atoms with E-state index in [9.17, 15) is 13.2 Å². The van der Waals surface area contributed by atoms with Gasteiger partial charge in [0.25, 0.3) is 0 Å². The van der Waals surface area contributed by atoms with Gasteiger partial charge < -0.3 is 5.11 Å². The first-order valence-electron chi connectivity index (χ1n) is 5.50. The van der Waals surface area contributed by atoms with E-state index in [4.69, 9.17) is 5.11 Å². The third-order valence-electron chi connectivity index (χ3n) is 2.82. The first-order valence-corrected chi connectivity index (χ1v) is 6.94. The minimum Gasteiger partial charge on any atom is -0.395 e. The summed E-state index contributed by atoms with van der Waals surface area (Å²) in [5.74, 6) is -0.115. The number of carbonyl (C=O) groups is 1. The average molecular weight is 271 g/mol. The number of aliphatic hydroxyl groups excluding tert-OH is 1. The van der Waals surface area contributed by atoms with Crippen LogP contribution in [0.15, 0.2) is 29.2 Å². The highest BCUT2D eigenvalue weighted by Crippen LogP contribution is 2.17. The Labute approximate surface area is 107 Å². The molecule has 1 aromatic rings. The maximum Gasteiger partial charge on any atom is 0.243 e. The summed E-state index contributed by atoms with van der Waals surface area (Å²) in [6.07, 6.45) is 0. The molecule has 0 aliphatic heterocycles. The standard InChI is InChI=1S/C12H17NO4S/c1-9(8-14)13(3)18(16,17)12-6-4-11(5-7-12)10(2)15/h4-7,9,14H,8H2,1-3H3. The summed E-state index contributed by atoms with van der Waals surface area (Å²) in [5.41, 5.74) is 0.465. The molecule has 1 rings (SSSR count). The molecule has 0 fully saturated rings. The molecule has 5 nitrogen and oxygen atoms in total. The Morgan fingerprint density at radius 2 is 1.83 bits per heavy atom. The maximum atomic E-state index is 12.1. The highest BCUT2D eigenvalue weighted by Gasteiger charge is 2.24. The van der Waals surface area contributed by atoms with Crippen molar-refractivity contribution < 1.29 is 18.3 Å². The lowest BCUT2D eigenvalue weighted by Gasteiger charge is -2.22. The normalized spacial score (nSPS) is 13.6. The fourth-order valence-electron chi connectivity index (χ4n) is 1.38. The van der Waals surface area contributed by atoms with Gasteiger partial charge in [0.15, 0.2) is 5.78 Å². The van der Waals surface area contributed by atoms with Crippen LogP contribution in [0, 0.1) is 0 Å². The molecule has 1 N–H and O–H groups in total. The Kier molecular flexibility index (Phi) is 4.61. The minimum absolute atomic E-state index is 0.107. The van der Waals surface area contributed by atoms with Crippen LogP contribution in [0.25, 0.3) is 0 Å². The molecule has 0 aromatic heterocycles. The monoisotopic (exact) mass is 271 g/mol. The zero-order valence-electron chi connectivity index (χ0n) is 10.6. The number of carbonyl (C=O) groups excluding carboxylic acids is 1. The second kappa shape index (κ2) is 5.60. The summed E-state index contributed by atoms with van der Waals surface area (Å²) in [5, 5.41) is 8.98. The van der Waals surface area contributed by atoms with Gasteiger partial charge >= 0.3 is 0 Å². The molecule has 0 saturated carbocycles. The van der Waals surface area contributed by atoms with Crippen LogP contribution < -0.4 is 0 Å². The second-order valence-corrected chi connectivity index (χ2v) is 6.13. The van der Waals surface area contributed by atoms with Crippen molar-refractivity contribution in [3.63, 3.8) is 0 Å². The third-order valence-corrected chi connectivity index (χ3v) is 4.81. The van der Waals surface area contributed by atoms with Crippen LogP contribution in [-0.2, 0) is 10.0 Å². The number of benzene rings is 1. The summed E-state index contributed by atoms with van der Waals surface area (Å²) in [4.78, 5) is 11.2. The Balaban J connectivity index is 3.09. The lowest BCUT2D eigenvalue weighted by Crippen LogP contribution is -2.37. The highest BCUT2D eigenvalue weighted by molar-refractivity contribution is 7.89. The number of nitrogens with zero attached hydrogens (tertiary/aromatic N) is 1. The van der Waals surface area contributed by atoms with E-state index in [0.29, 0.717) is 5.56 Å². The van der Waals surface area contributed by atoms with Crippen molar-refractivity contribution in [2.45, 2.75) is 24.8 Å².